The Labute approximate surface area is 71.7 Å². The highest BCUT2D eigenvalue weighted by Crippen LogP contribution is 1.82. The highest BCUT2D eigenvalue weighted by atomic mass is 32.2. The molecule has 0 saturated carbocycles. The number of carbonyl (C=O) groups is 1. The van der Waals surface area contributed by atoms with E-state index in [1.807, 2.05) is 0 Å². The van der Waals surface area contributed by atoms with Gasteiger partial charge in [-0.25, -0.2) is 13.5 Å². The van der Waals surface area contributed by atoms with E-state index in [0.29, 0.717) is 6.42 Å². The second-order valence-corrected chi connectivity index (χ2v) is 4.62. The number of sulfone groups is 1. The van der Waals surface area contributed by atoms with Crippen molar-refractivity contribution in [1.29, 1.82) is 0 Å². The summed E-state index contributed by atoms with van der Waals surface area (Å²) in [6.07, 6.45) is 1.32. The first-order valence-corrected chi connectivity index (χ1v) is 5.54. The normalized spacial score (nSPS) is 11.2. The fourth-order valence-electron chi connectivity index (χ4n) is 0.589. The van der Waals surface area contributed by atoms with Crippen molar-refractivity contribution in [3.63, 3.8) is 0 Å². The molecule has 12 heavy (non-hydrogen) atoms. The quantitative estimate of drug-likeness (QED) is 0.568. The third-order valence-corrected chi connectivity index (χ3v) is 1.82. The van der Waals surface area contributed by atoms with Gasteiger partial charge < -0.3 is 5.32 Å². The lowest BCUT2D eigenvalue weighted by Gasteiger charge is -2.01. The lowest BCUT2D eigenvalue weighted by molar-refractivity contribution is -0.118. The van der Waals surface area contributed by atoms with E-state index in [2.05, 4.69) is 5.32 Å². The standard InChI is InChI=1S/C6H12NO4S/c1-12(10,11)5-6(9)7-3-2-4-8/h2-5H2,1H3,(H,7,9). The molecule has 0 saturated heterocycles. The summed E-state index contributed by atoms with van der Waals surface area (Å²) in [5.74, 6) is -1.06. The topological polar surface area (TPSA) is 83.1 Å². The van der Waals surface area contributed by atoms with Crippen molar-refractivity contribution in [2.45, 2.75) is 6.42 Å². The fourth-order valence-corrected chi connectivity index (χ4v) is 1.17. The van der Waals surface area contributed by atoms with Crippen LogP contribution in [0.5, 0.6) is 0 Å². The molecule has 0 bridgehead atoms. The summed E-state index contributed by atoms with van der Waals surface area (Å²) in [5, 5.41) is 12.2. The second kappa shape index (κ2) is 5.10. The van der Waals surface area contributed by atoms with Crippen LogP contribution in [0, 0.1) is 0 Å². The van der Waals surface area contributed by atoms with Crippen molar-refractivity contribution < 1.29 is 18.3 Å². The van der Waals surface area contributed by atoms with Crippen LogP contribution in [0.4, 0.5) is 0 Å². The number of nitrogens with one attached hydrogen (secondary N) is 1. The summed E-state index contributed by atoms with van der Waals surface area (Å²) in [6, 6.07) is 0. The summed E-state index contributed by atoms with van der Waals surface area (Å²) >= 11 is 0. The van der Waals surface area contributed by atoms with Crippen LogP contribution in [0.15, 0.2) is 0 Å². The van der Waals surface area contributed by atoms with Crippen molar-refractivity contribution >= 4 is 15.7 Å². The molecule has 0 fully saturated rings. The van der Waals surface area contributed by atoms with Crippen LogP contribution in [0.3, 0.4) is 0 Å². The van der Waals surface area contributed by atoms with Gasteiger partial charge >= 0.3 is 0 Å². The molecule has 0 rings (SSSR count). The first-order chi connectivity index (χ1) is 5.45. The van der Waals surface area contributed by atoms with Crippen molar-refractivity contribution in [2.75, 3.05) is 25.2 Å². The van der Waals surface area contributed by atoms with Gasteiger partial charge in [0.25, 0.3) is 0 Å². The third kappa shape index (κ3) is 7.49. The predicted octanol–water partition coefficient (Wildman–Crippen LogP) is -1.03. The first kappa shape index (κ1) is 11.4. The first-order valence-electron chi connectivity index (χ1n) is 3.48. The van der Waals surface area contributed by atoms with Gasteiger partial charge in [-0.1, -0.05) is 0 Å². The molecule has 0 atom stereocenters. The van der Waals surface area contributed by atoms with E-state index in [1.165, 1.54) is 0 Å². The zero-order valence-corrected chi connectivity index (χ0v) is 7.69. The molecule has 1 N–H and O–H groups in total. The Morgan fingerprint density at radius 1 is 1.42 bits per heavy atom. The maximum Gasteiger partial charge on any atom is 0.235 e. The third-order valence-electron chi connectivity index (χ3n) is 1.04. The van der Waals surface area contributed by atoms with Crippen molar-refractivity contribution in [3.8, 4) is 0 Å². The molecule has 1 amide bonds. The molecule has 71 valence electrons. The molecule has 0 aromatic rings. The van der Waals surface area contributed by atoms with Crippen LogP contribution >= 0.6 is 0 Å². The Morgan fingerprint density at radius 2 is 2.00 bits per heavy atom. The summed E-state index contributed by atoms with van der Waals surface area (Å²) in [7, 11) is -3.25. The van der Waals surface area contributed by atoms with Gasteiger partial charge in [-0.2, -0.15) is 0 Å². The van der Waals surface area contributed by atoms with Gasteiger partial charge in [0.2, 0.25) is 5.91 Å². The van der Waals surface area contributed by atoms with Gasteiger partial charge in [-0.3, -0.25) is 4.79 Å². The predicted molar refractivity (Wildman–Crippen MR) is 42.9 cm³/mol. The van der Waals surface area contributed by atoms with Gasteiger partial charge in [0.05, 0.1) is 6.61 Å². The molecule has 0 aromatic carbocycles. The highest BCUT2D eigenvalue weighted by molar-refractivity contribution is 7.91. The Kier molecular flexibility index (Phi) is 4.84. The molecule has 0 aromatic heterocycles. The van der Waals surface area contributed by atoms with Crippen LogP contribution < -0.4 is 5.32 Å². The number of rotatable bonds is 5. The number of hydrogen-bond acceptors (Lipinski definition) is 3. The van der Waals surface area contributed by atoms with Gasteiger partial charge in [0.1, 0.15) is 5.75 Å². The van der Waals surface area contributed by atoms with Gasteiger partial charge in [0.15, 0.2) is 9.84 Å². The summed E-state index contributed by atoms with van der Waals surface area (Å²) < 4.78 is 21.1. The molecular formula is C6H12NO4S. The summed E-state index contributed by atoms with van der Waals surface area (Å²) in [5.41, 5.74) is 0. The average Bonchev–Trinajstić information content (AvgIpc) is 1.84. The zero-order valence-electron chi connectivity index (χ0n) is 6.87. The average molecular weight is 194 g/mol. The van der Waals surface area contributed by atoms with E-state index in [9.17, 15) is 18.3 Å². The lowest BCUT2D eigenvalue weighted by atomic mass is 10.4. The SMILES string of the molecule is CS(=O)(=O)CC(=O)NCCC[O]. The second-order valence-electron chi connectivity index (χ2n) is 2.48. The van der Waals surface area contributed by atoms with E-state index >= 15 is 0 Å². The number of amides is 1. The minimum Gasteiger partial charge on any atom is -0.355 e. The van der Waals surface area contributed by atoms with Crippen LogP contribution in [0.25, 0.3) is 0 Å². The molecule has 0 heterocycles. The molecule has 0 unspecified atom stereocenters. The summed E-state index contributed by atoms with van der Waals surface area (Å²) in [6.45, 7) is -0.0169. The monoisotopic (exact) mass is 194 g/mol. The largest absolute Gasteiger partial charge is 0.355 e. The van der Waals surface area contributed by atoms with Crippen LogP contribution in [0.1, 0.15) is 6.42 Å². The Bertz CT molecular complexity index is 234. The van der Waals surface area contributed by atoms with E-state index in [-0.39, 0.29) is 13.2 Å². The van der Waals surface area contributed by atoms with Gasteiger partial charge in [-0.05, 0) is 6.42 Å². The molecule has 0 aliphatic rings. The van der Waals surface area contributed by atoms with E-state index in [1.54, 1.807) is 0 Å². The van der Waals surface area contributed by atoms with E-state index in [0.717, 1.165) is 6.26 Å². The Hall–Kier alpha value is -0.620. The van der Waals surface area contributed by atoms with Crippen LogP contribution in [-0.4, -0.2) is 39.5 Å². The minimum atomic E-state index is -3.25. The van der Waals surface area contributed by atoms with Crippen molar-refractivity contribution in [1.82, 2.24) is 5.32 Å². The van der Waals surface area contributed by atoms with E-state index < -0.39 is 21.5 Å². The fraction of sp³-hybridized carbons (Fsp3) is 0.833. The number of hydrogen-bond donors (Lipinski definition) is 1. The molecule has 0 aliphatic heterocycles. The van der Waals surface area contributed by atoms with Crippen LogP contribution in [0.2, 0.25) is 0 Å². The molecule has 5 nitrogen and oxygen atoms in total. The Balaban J connectivity index is 3.62. The smallest absolute Gasteiger partial charge is 0.235 e. The van der Waals surface area contributed by atoms with Crippen LogP contribution in [-0.2, 0) is 19.7 Å². The van der Waals surface area contributed by atoms with Gasteiger partial charge in [-0.15, -0.1) is 0 Å². The Morgan fingerprint density at radius 3 is 2.42 bits per heavy atom. The van der Waals surface area contributed by atoms with Gasteiger partial charge in [0, 0.05) is 12.8 Å². The molecule has 6 heteroatoms. The lowest BCUT2D eigenvalue weighted by Crippen LogP contribution is -2.30. The van der Waals surface area contributed by atoms with E-state index in [4.69, 9.17) is 0 Å². The zero-order chi connectivity index (χ0) is 9.61. The maximum absolute atomic E-state index is 10.7. The minimum absolute atomic E-state index is 0.248. The number of carbonyl (C=O) groups excluding carboxylic acids is 1. The molecule has 0 spiro atoms. The molecule has 1 radical (unpaired) electrons. The summed E-state index contributed by atoms with van der Waals surface area (Å²) in [4.78, 5) is 10.7. The van der Waals surface area contributed by atoms with Crippen molar-refractivity contribution in [2.24, 2.45) is 0 Å². The molecule has 0 aliphatic carbocycles. The molecular weight excluding hydrogens is 182 g/mol. The highest BCUT2D eigenvalue weighted by Gasteiger charge is 2.09. The van der Waals surface area contributed by atoms with Crippen molar-refractivity contribution in [3.05, 3.63) is 0 Å². The maximum atomic E-state index is 10.7.